The smallest absolute Gasteiger partial charge is 0.247 e. The van der Waals surface area contributed by atoms with Gasteiger partial charge in [0.15, 0.2) is 0 Å². The van der Waals surface area contributed by atoms with Gasteiger partial charge in [-0.3, -0.25) is 57.5 Å². The minimum absolute atomic E-state index is 0.0658. The van der Waals surface area contributed by atoms with E-state index >= 15 is 0 Å². The van der Waals surface area contributed by atoms with Crippen LogP contribution in [0.3, 0.4) is 0 Å². The van der Waals surface area contributed by atoms with Crippen LogP contribution < -0.4 is 59.7 Å². The SMILES string of the molecule is CC[C@@H](C)[C@@H](NC(=O)CN(C(=O)[C@@H]1CNC(=O)CCC(=O)N[C@@H](Cc2ccc(O)cc2)C(=O)N[C@@H]([C@@H](C)CC)C(=O)N[C@@H](CCC(N)=O)C(=O)N[C@@H](CC(N)=O)C(=O)N1)C1CC1)C(=O)NCC(N)=O. The molecular formula is C44H66N12O13. The second-order valence-corrected chi connectivity index (χ2v) is 17.3. The molecule has 69 heavy (non-hydrogen) atoms. The van der Waals surface area contributed by atoms with E-state index in [0.717, 1.165) is 4.90 Å². The van der Waals surface area contributed by atoms with Crippen LogP contribution >= 0.6 is 0 Å². The second-order valence-electron chi connectivity index (χ2n) is 17.3. The van der Waals surface area contributed by atoms with Crippen LogP contribution in [-0.4, -0.2) is 143 Å². The molecule has 1 aliphatic carbocycles. The summed E-state index contributed by atoms with van der Waals surface area (Å²) in [4.78, 5) is 160. The molecule has 12 amide bonds. The summed E-state index contributed by atoms with van der Waals surface area (Å²) in [5, 5.41) is 29.7. The van der Waals surface area contributed by atoms with E-state index in [9.17, 15) is 62.6 Å². The average Bonchev–Trinajstić information content (AvgIpc) is 4.14. The van der Waals surface area contributed by atoms with E-state index in [1.54, 1.807) is 27.7 Å². The Bertz CT molecular complexity index is 2080. The van der Waals surface area contributed by atoms with E-state index in [4.69, 9.17) is 17.2 Å². The molecule has 0 radical (unpaired) electrons. The minimum Gasteiger partial charge on any atom is -0.508 e. The zero-order valence-electron chi connectivity index (χ0n) is 39.2. The third kappa shape index (κ3) is 18.7. The fraction of sp³-hybridized carbons (Fsp3) is 0.591. The van der Waals surface area contributed by atoms with Gasteiger partial charge < -0.3 is 69.7 Å². The van der Waals surface area contributed by atoms with Crippen molar-refractivity contribution in [3.63, 3.8) is 0 Å². The fourth-order valence-electron chi connectivity index (χ4n) is 7.14. The van der Waals surface area contributed by atoms with Gasteiger partial charge in [0.1, 0.15) is 42.0 Å². The first-order chi connectivity index (χ1) is 32.5. The topological polar surface area (TPSA) is 403 Å². The van der Waals surface area contributed by atoms with Crippen molar-refractivity contribution in [1.29, 1.82) is 0 Å². The van der Waals surface area contributed by atoms with Crippen LogP contribution in [-0.2, 0) is 64.0 Å². The molecule has 0 spiro atoms. The molecule has 380 valence electrons. The summed E-state index contributed by atoms with van der Waals surface area (Å²) in [6.07, 6.45) is -1.25. The molecule has 0 bridgehead atoms. The maximum atomic E-state index is 14.4. The van der Waals surface area contributed by atoms with E-state index in [1.165, 1.54) is 24.3 Å². The summed E-state index contributed by atoms with van der Waals surface area (Å²) in [7, 11) is 0. The number of hydrogen-bond acceptors (Lipinski definition) is 13. The summed E-state index contributed by atoms with van der Waals surface area (Å²) in [6.45, 7) is 5.01. The first kappa shape index (κ1) is 56.0. The molecule has 15 N–H and O–H groups in total. The predicted octanol–water partition coefficient (Wildman–Crippen LogP) is -4.42. The van der Waals surface area contributed by atoms with Gasteiger partial charge in [0.25, 0.3) is 0 Å². The molecule has 25 heteroatoms. The molecule has 0 aromatic heterocycles. The van der Waals surface area contributed by atoms with Crippen LogP contribution in [0.5, 0.6) is 5.75 Å². The van der Waals surface area contributed by atoms with Crippen molar-refractivity contribution < 1.29 is 62.6 Å². The molecule has 1 saturated carbocycles. The average molecular weight is 971 g/mol. The molecule has 0 unspecified atom stereocenters. The fourth-order valence-corrected chi connectivity index (χ4v) is 7.14. The van der Waals surface area contributed by atoms with Crippen molar-refractivity contribution in [1.82, 2.24) is 47.4 Å². The van der Waals surface area contributed by atoms with E-state index < -0.39 is 177 Å². The Morgan fingerprint density at radius 1 is 0.739 bits per heavy atom. The quantitative estimate of drug-likeness (QED) is 0.0624. The Hall–Kier alpha value is -7.34. The zero-order chi connectivity index (χ0) is 51.5. The van der Waals surface area contributed by atoms with Crippen LogP contribution in [0, 0.1) is 11.8 Å². The largest absolute Gasteiger partial charge is 0.508 e. The van der Waals surface area contributed by atoms with Gasteiger partial charge in [-0.05, 0) is 48.8 Å². The molecule has 1 heterocycles. The monoisotopic (exact) mass is 970 g/mol. The summed E-state index contributed by atoms with van der Waals surface area (Å²) in [5.41, 5.74) is 16.5. The van der Waals surface area contributed by atoms with Gasteiger partial charge in [-0.25, -0.2) is 0 Å². The Kier molecular flexibility index (Phi) is 21.8. The molecule has 1 aromatic rings. The third-order valence-electron chi connectivity index (χ3n) is 11.7. The van der Waals surface area contributed by atoms with E-state index in [1.807, 2.05) is 0 Å². The predicted molar refractivity (Wildman–Crippen MR) is 244 cm³/mol. The van der Waals surface area contributed by atoms with Crippen molar-refractivity contribution in [3.05, 3.63) is 29.8 Å². The number of amides is 12. The van der Waals surface area contributed by atoms with Gasteiger partial charge in [0.05, 0.1) is 19.5 Å². The van der Waals surface area contributed by atoms with Crippen molar-refractivity contribution >= 4 is 70.9 Å². The van der Waals surface area contributed by atoms with Gasteiger partial charge >= 0.3 is 0 Å². The van der Waals surface area contributed by atoms with Crippen LogP contribution in [0.1, 0.15) is 91.0 Å². The number of aromatic hydroxyl groups is 1. The first-order valence-corrected chi connectivity index (χ1v) is 22.8. The molecule has 1 aromatic carbocycles. The van der Waals surface area contributed by atoms with Gasteiger partial charge in [0, 0.05) is 38.3 Å². The number of carbonyl (C=O) groups is 12. The minimum atomic E-state index is -1.83. The van der Waals surface area contributed by atoms with Gasteiger partial charge in [-0.2, -0.15) is 0 Å². The van der Waals surface area contributed by atoms with Crippen LogP contribution in [0.25, 0.3) is 0 Å². The maximum Gasteiger partial charge on any atom is 0.247 e. The standard InChI is InChI=1S/C44H66N12O13/c1-5-22(3)37(42(67)49-20-33(47)60)54-36(63)21-56(25-9-10-25)44(69)30-19-48-34(61)15-16-35(62)50-28(17-24-7-11-26(57)12-8-24)41(66)55-38(23(4)6-2)43(68)51-27(13-14-31(45)58)39(64)52-29(18-32(46)59)40(65)53-30/h7-8,11-12,22-23,25,27-30,37-38,57H,5-6,9-10,13-21H2,1-4H3,(H2,45,58)(H2,46,59)(H2,47,60)(H,48,61)(H,49,67)(H,50,62)(H,51,68)(H,52,64)(H,53,65)(H,54,63)(H,55,66)/t22-,23+,27+,28+,29+,30+,37-,38+/m1/s1. The lowest BCUT2D eigenvalue weighted by Gasteiger charge is -2.31. The highest BCUT2D eigenvalue weighted by atomic mass is 16.3. The van der Waals surface area contributed by atoms with E-state index in [2.05, 4.69) is 42.5 Å². The molecule has 3 rings (SSSR count). The number of benzene rings is 1. The molecule has 2 fully saturated rings. The Morgan fingerprint density at radius 3 is 1.93 bits per heavy atom. The lowest BCUT2D eigenvalue weighted by molar-refractivity contribution is -0.141. The molecule has 25 nitrogen and oxygen atoms in total. The number of nitrogens with one attached hydrogen (secondary N) is 8. The molecule has 1 saturated heterocycles. The first-order valence-electron chi connectivity index (χ1n) is 22.8. The highest BCUT2D eigenvalue weighted by molar-refractivity contribution is 5.99. The highest BCUT2D eigenvalue weighted by Gasteiger charge is 2.40. The number of hydrogen-bond donors (Lipinski definition) is 12. The van der Waals surface area contributed by atoms with Gasteiger partial charge in [-0.15, -0.1) is 0 Å². The number of nitrogens with two attached hydrogens (primary N) is 3. The Balaban J connectivity index is 2.06. The van der Waals surface area contributed by atoms with Crippen molar-refractivity contribution in [3.8, 4) is 5.75 Å². The lowest BCUT2D eigenvalue weighted by Crippen LogP contribution is -2.62. The molecular weight excluding hydrogens is 905 g/mol. The van der Waals surface area contributed by atoms with Gasteiger partial charge in [0.2, 0.25) is 70.9 Å². The molecule has 2 aliphatic rings. The summed E-state index contributed by atoms with van der Waals surface area (Å²) < 4.78 is 0. The Labute approximate surface area is 398 Å². The second kappa shape index (κ2) is 26.9. The summed E-state index contributed by atoms with van der Waals surface area (Å²) in [6, 6.07) is -3.77. The number of carbonyl (C=O) groups excluding carboxylic acids is 12. The van der Waals surface area contributed by atoms with E-state index in [-0.39, 0.29) is 12.2 Å². The van der Waals surface area contributed by atoms with E-state index in [0.29, 0.717) is 31.2 Å². The summed E-state index contributed by atoms with van der Waals surface area (Å²) in [5.74, 6) is -11.9. The normalized spacial score (nSPS) is 22.3. The number of primary amides is 3. The van der Waals surface area contributed by atoms with Crippen LogP contribution in [0.4, 0.5) is 0 Å². The number of nitrogens with zero attached hydrogens (tertiary/aromatic N) is 1. The van der Waals surface area contributed by atoms with Crippen LogP contribution in [0.2, 0.25) is 0 Å². The van der Waals surface area contributed by atoms with Gasteiger partial charge in [-0.1, -0.05) is 52.7 Å². The number of rotatable bonds is 19. The van der Waals surface area contributed by atoms with Crippen molar-refractivity contribution in [2.24, 2.45) is 29.0 Å². The molecule has 8 atom stereocenters. The third-order valence-corrected chi connectivity index (χ3v) is 11.7. The molecule has 1 aliphatic heterocycles. The zero-order valence-corrected chi connectivity index (χ0v) is 39.2. The van der Waals surface area contributed by atoms with Crippen molar-refractivity contribution in [2.45, 2.75) is 134 Å². The number of phenols is 1. The maximum absolute atomic E-state index is 14.4. The number of phenolic OH excluding ortho intramolecular Hbond substituents is 1. The Morgan fingerprint density at radius 2 is 1.35 bits per heavy atom. The summed E-state index contributed by atoms with van der Waals surface area (Å²) >= 11 is 0. The van der Waals surface area contributed by atoms with Crippen LogP contribution in [0.15, 0.2) is 24.3 Å². The lowest BCUT2D eigenvalue weighted by atomic mass is 9.96. The highest BCUT2D eigenvalue weighted by Crippen LogP contribution is 2.27. The van der Waals surface area contributed by atoms with Crippen molar-refractivity contribution in [2.75, 3.05) is 19.6 Å².